The van der Waals surface area contributed by atoms with Crippen LogP contribution in [0.2, 0.25) is 0 Å². The summed E-state index contributed by atoms with van der Waals surface area (Å²) in [6.07, 6.45) is 1.65. The van der Waals surface area contributed by atoms with Crippen molar-refractivity contribution < 1.29 is 0 Å². The van der Waals surface area contributed by atoms with Gasteiger partial charge in [-0.05, 0) is 34.8 Å². The molecular weight excluding hydrogens is 296 g/mol. The fraction of sp³-hybridized carbons (Fsp3) is 0.333. The van der Waals surface area contributed by atoms with Crippen LogP contribution in [0.3, 0.4) is 0 Å². The number of halogens is 1. The molecule has 1 N–H and O–H groups in total. The van der Waals surface area contributed by atoms with E-state index in [4.69, 9.17) is 0 Å². The minimum atomic E-state index is -0.194. The topological polar surface area (TPSA) is 71.5 Å². The second-order valence-electron chi connectivity index (χ2n) is 4.26. The Labute approximate surface area is 113 Å². The van der Waals surface area contributed by atoms with E-state index in [2.05, 4.69) is 35.9 Å². The Hall–Kier alpha value is -1.56. The molecule has 0 bridgehead atoms. The summed E-state index contributed by atoms with van der Waals surface area (Å²) in [5.41, 5.74) is 1.15. The minimum Gasteiger partial charge on any atom is -0.304 e. The molecule has 0 aliphatic carbocycles. The predicted octanol–water partition coefficient (Wildman–Crippen LogP) is 2.42. The zero-order valence-corrected chi connectivity index (χ0v) is 11.9. The van der Waals surface area contributed by atoms with Crippen LogP contribution in [0.4, 0.5) is 0 Å². The maximum Gasteiger partial charge on any atom is 0.265 e. The molecular formula is C12H13BrN4O. The molecule has 0 aliphatic rings. The van der Waals surface area contributed by atoms with Crippen LogP contribution in [0.25, 0.3) is 11.5 Å². The lowest BCUT2D eigenvalue weighted by Gasteiger charge is -2.09. The smallest absolute Gasteiger partial charge is 0.265 e. The van der Waals surface area contributed by atoms with Crippen LogP contribution in [-0.2, 0) is 0 Å². The van der Waals surface area contributed by atoms with Gasteiger partial charge in [0, 0.05) is 6.20 Å². The fourth-order valence-electron chi connectivity index (χ4n) is 1.57. The Balaban J connectivity index is 2.63. The third-order valence-corrected chi connectivity index (χ3v) is 3.22. The lowest BCUT2D eigenvalue weighted by atomic mass is 10.1. The molecule has 2 aromatic rings. The summed E-state index contributed by atoms with van der Waals surface area (Å²) in [7, 11) is 0. The molecule has 0 aromatic carbocycles. The number of nitrogens with zero attached hydrogens (tertiary/aromatic N) is 3. The summed E-state index contributed by atoms with van der Waals surface area (Å²) in [5.74, 6) is 1.27. The second-order valence-corrected chi connectivity index (χ2v) is 5.05. The maximum atomic E-state index is 11.8. The van der Waals surface area contributed by atoms with Crippen molar-refractivity contribution in [2.45, 2.75) is 26.7 Å². The van der Waals surface area contributed by atoms with Gasteiger partial charge in [0.1, 0.15) is 16.0 Å². The zero-order valence-electron chi connectivity index (χ0n) is 10.4. The molecule has 0 unspecified atom stereocenters. The van der Waals surface area contributed by atoms with Crippen molar-refractivity contribution in [3.05, 3.63) is 38.6 Å². The van der Waals surface area contributed by atoms with Crippen molar-refractivity contribution in [2.75, 3.05) is 0 Å². The Morgan fingerprint density at radius 2 is 2.06 bits per heavy atom. The van der Waals surface area contributed by atoms with Crippen LogP contribution in [0.1, 0.15) is 31.3 Å². The maximum absolute atomic E-state index is 11.8. The van der Waals surface area contributed by atoms with Gasteiger partial charge in [0.25, 0.3) is 5.56 Å². The molecule has 0 amide bonds. The highest BCUT2D eigenvalue weighted by Crippen LogP contribution is 2.21. The average molecular weight is 309 g/mol. The van der Waals surface area contributed by atoms with Gasteiger partial charge in [-0.2, -0.15) is 0 Å². The Kier molecular flexibility index (Phi) is 3.56. The molecule has 18 heavy (non-hydrogen) atoms. The standard InChI is InChI=1S/C12H13BrN4O/c1-6(2)10-9(13)12(18)17-11(16-10)8-4-5-14-7(3)15-8/h4-6H,1-3H3,(H,16,17,18). The van der Waals surface area contributed by atoms with Crippen LogP contribution in [-0.4, -0.2) is 19.9 Å². The number of hydrogen-bond acceptors (Lipinski definition) is 4. The second kappa shape index (κ2) is 4.97. The zero-order chi connectivity index (χ0) is 13.3. The number of aromatic nitrogens is 4. The van der Waals surface area contributed by atoms with Gasteiger partial charge in [0.15, 0.2) is 5.82 Å². The highest BCUT2D eigenvalue weighted by Gasteiger charge is 2.13. The van der Waals surface area contributed by atoms with Crippen LogP contribution >= 0.6 is 15.9 Å². The lowest BCUT2D eigenvalue weighted by Crippen LogP contribution is -2.15. The molecule has 0 aliphatic heterocycles. The quantitative estimate of drug-likeness (QED) is 0.925. The predicted molar refractivity (Wildman–Crippen MR) is 72.4 cm³/mol. The van der Waals surface area contributed by atoms with Crippen LogP contribution < -0.4 is 5.56 Å². The molecule has 0 fully saturated rings. The number of aryl methyl sites for hydroxylation is 1. The van der Waals surface area contributed by atoms with Crippen LogP contribution in [0.5, 0.6) is 0 Å². The van der Waals surface area contributed by atoms with Crippen LogP contribution in [0.15, 0.2) is 21.5 Å². The van der Waals surface area contributed by atoms with Crippen molar-refractivity contribution in [1.82, 2.24) is 19.9 Å². The summed E-state index contributed by atoms with van der Waals surface area (Å²) in [5, 5.41) is 0. The van der Waals surface area contributed by atoms with E-state index in [1.165, 1.54) is 0 Å². The van der Waals surface area contributed by atoms with E-state index >= 15 is 0 Å². The monoisotopic (exact) mass is 308 g/mol. The minimum absolute atomic E-state index is 0.156. The first-order valence-electron chi connectivity index (χ1n) is 5.58. The van der Waals surface area contributed by atoms with Gasteiger partial charge in [0.05, 0.1) is 5.69 Å². The van der Waals surface area contributed by atoms with Gasteiger partial charge < -0.3 is 4.98 Å². The van der Waals surface area contributed by atoms with Gasteiger partial charge >= 0.3 is 0 Å². The molecule has 2 aromatic heterocycles. The van der Waals surface area contributed by atoms with E-state index in [0.29, 0.717) is 21.8 Å². The normalized spacial score (nSPS) is 10.9. The van der Waals surface area contributed by atoms with E-state index in [-0.39, 0.29) is 11.5 Å². The van der Waals surface area contributed by atoms with Crippen molar-refractivity contribution in [1.29, 1.82) is 0 Å². The summed E-state index contributed by atoms with van der Waals surface area (Å²) in [6.45, 7) is 5.77. The van der Waals surface area contributed by atoms with Crippen molar-refractivity contribution in [3.63, 3.8) is 0 Å². The van der Waals surface area contributed by atoms with Crippen molar-refractivity contribution in [3.8, 4) is 11.5 Å². The van der Waals surface area contributed by atoms with Crippen molar-refractivity contribution >= 4 is 15.9 Å². The third-order valence-electron chi connectivity index (χ3n) is 2.45. The molecule has 0 saturated carbocycles. The number of rotatable bonds is 2. The van der Waals surface area contributed by atoms with E-state index < -0.39 is 0 Å². The number of H-pyrrole nitrogens is 1. The first kappa shape index (κ1) is 12.9. The molecule has 6 heteroatoms. The Morgan fingerprint density at radius 3 is 2.67 bits per heavy atom. The van der Waals surface area contributed by atoms with Gasteiger partial charge in [-0.1, -0.05) is 13.8 Å². The highest BCUT2D eigenvalue weighted by atomic mass is 79.9. The van der Waals surface area contributed by atoms with E-state index in [1.807, 2.05) is 13.8 Å². The molecule has 0 radical (unpaired) electrons. The first-order chi connectivity index (χ1) is 8.49. The van der Waals surface area contributed by atoms with Crippen LogP contribution in [0, 0.1) is 6.92 Å². The van der Waals surface area contributed by atoms with E-state index in [0.717, 1.165) is 5.69 Å². The number of nitrogens with one attached hydrogen (secondary N) is 1. The largest absolute Gasteiger partial charge is 0.304 e. The summed E-state index contributed by atoms with van der Waals surface area (Å²) >= 11 is 3.26. The molecule has 2 heterocycles. The summed E-state index contributed by atoms with van der Waals surface area (Å²) in [4.78, 5) is 27.3. The highest BCUT2D eigenvalue weighted by molar-refractivity contribution is 9.10. The summed E-state index contributed by atoms with van der Waals surface area (Å²) in [6, 6.07) is 1.73. The Morgan fingerprint density at radius 1 is 1.33 bits per heavy atom. The molecule has 0 atom stereocenters. The molecule has 94 valence electrons. The number of hydrogen-bond donors (Lipinski definition) is 1. The van der Waals surface area contributed by atoms with Gasteiger partial charge in [0.2, 0.25) is 0 Å². The SMILES string of the molecule is Cc1nccc(-c2nc(C(C)C)c(Br)c(=O)[nH]2)n1. The van der Waals surface area contributed by atoms with Gasteiger partial charge in [-0.15, -0.1) is 0 Å². The van der Waals surface area contributed by atoms with Gasteiger partial charge in [-0.3, -0.25) is 4.79 Å². The third kappa shape index (κ3) is 2.48. The van der Waals surface area contributed by atoms with E-state index in [9.17, 15) is 4.79 Å². The number of aromatic amines is 1. The fourth-order valence-corrected chi connectivity index (χ4v) is 2.21. The molecule has 0 saturated heterocycles. The summed E-state index contributed by atoms with van der Waals surface area (Å²) < 4.78 is 0.479. The first-order valence-corrected chi connectivity index (χ1v) is 6.38. The molecule has 5 nitrogen and oxygen atoms in total. The van der Waals surface area contributed by atoms with Gasteiger partial charge in [-0.25, -0.2) is 15.0 Å². The van der Waals surface area contributed by atoms with Crippen molar-refractivity contribution in [2.24, 2.45) is 0 Å². The average Bonchev–Trinajstić information content (AvgIpc) is 2.32. The Bertz CT molecular complexity index is 636. The van der Waals surface area contributed by atoms with E-state index in [1.54, 1.807) is 19.2 Å². The lowest BCUT2D eigenvalue weighted by molar-refractivity contribution is 0.801. The molecule has 2 rings (SSSR count). The molecule has 0 spiro atoms.